The second-order valence-corrected chi connectivity index (χ2v) is 3.98. The van der Waals surface area contributed by atoms with Gasteiger partial charge in [-0.25, -0.2) is 4.98 Å². The molecule has 1 atom stereocenters. The Hall–Kier alpha value is -1.69. The van der Waals surface area contributed by atoms with Crippen LogP contribution >= 0.6 is 0 Å². The summed E-state index contributed by atoms with van der Waals surface area (Å²) in [6.45, 7) is 3.78. The largest absolute Gasteiger partial charge is 0.392 e. The van der Waals surface area contributed by atoms with Gasteiger partial charge in [-0.1, -0.05) is 13.8 Å². The van der Waals surface area contributed by atoms with Crippen LogP contribution in [-0.2, 0) is 6.42 Å². The summed E-state index contributed by atoms with van der Waals surface area (Å²) in [5.41, 5.74) is 5.79. The van der Waals surface area contributed by atoms with E-state index in [2.05, 4.69) is 4.98 Å². The van der Waals surface area contributed by atoms with E-state index >= 15 is 0 Å². The van der Waals surface area contributed by atoms with E-state index in [0.717, 1.165) is 0 Å². The molecule has 1 heterocycles. The van der Waals surface area contributed by atoms with Crippen LogP contribution in [0.1, 0.15) is 19.5 Å². The average molecular weight is 225 g/mol. The Morgan fingerprint density at radius 1 is 1.56 bits per heavy atom. The Labute approximate surface area is 93.3 Å². The highest BCUT2D eigenvalue weighted by molar-refractivity contribution is 5.52. The number of aliphatic hydroxyl groups is 1. The minimum Gasteiger partial charge on any atom is -0.392 e. The van der Waals surface area contributed by atoms with Gasteiger partial charge in [-0.15, -0.1) is 0 Å². The number of nitro groups is 1. The van der Waals surface area contributed by atoms with E-state index in [0.29, 0.717) is 12.1 Å². The molecule has 0 aliphatic carbocycles. The van der Waals surface area contributed by atoms with Crippen molar-refractivity contribution in [1.82, 2.24) is 4.98 Å². The minimum absolute atomic E-state index is 0.109. The molecular formula is C10H15N3O3. The smallest absolute Gasteiger partial charge is 0.311 e. The molecule has 1 aromatic rings. The number of nitrogens with two attached hydrogens (primary N) is 1. The van der Waals surface area contributed by atoms with Crippen LogP contribution < -0.4 is 5.73 Å². The van der Waals surface area contributed by atoms with Gasteiger partial charge in [0.1, 0.15) is 0 Å². The molecule has 0 aliphatic rings. The summed E-state index contributed by atoms with van der Waals surface area (Å²) >= 11 is 0. The van der Waals surface area contributed by atoms with Crippen molar-refractivity contribution in [1.29, 1.82) is 0 Å². The van der Waals surface area contributed by atoms with E-state index in [1.165, 1.54) is 12.1 Å². The molecule has 1 rings (SSSR count). The lowest BCUT2D eigenvalue weighted by molar-refractivity contribution is -0.384. The number of nitrogens with zero attached hydrogens (tertiary/aromatic N) is 2. The van der Waals surface area contributed by atoms with E-state index < -0.39 is 11.0 Å². The fraction of sp³-hybridized carbons (Fsp3) is 0.500. The van der Waals surface area contributed by atoms with Gasteiger partial charge in [0.05, 0.1) is 11.0 Å². The number of hydrogen-bond acceptors (Lipinski definition) is 5. The summed E-state index contributed by atoms with van der Waals surface area (Å²) in [5, 5.41) is 20.1. The van der Waals surface area contributed by atoms with Crippen molar-refractivity contribution in [2.75, 3.05) is 5.73 Å². The van der Waals surface area contributed by atoms with Gasteiger partial charge in [-0.3, -0.25) is 10.1 Å². The molecule has 0 bridgehead atoms. The van der Waals surface area contributed by atoms with Crippen LogP contribution in [0.3, 0.4) is 0 Å². The van der Waals surface area contributed by atoms with Gasteiger partial charge in [0, 0.05) is 18.2 Å². The second kappa shape index (κ2) is 4.89. The minimum atomic E-state index is -0.578. The van der Waals surface area contributed by atoms with Gasteiger partial charge in [-0.05, 0) is 12.0 Å². The molecule has 6 heteroatoms. The van der Waals surface area contributed by atoms with Crippen LogP contribution in [0.5, 0.6) is 0 Å². The fourth-order valence-electron chi connectivity index (χ4n) is 1.23. The topological polar surface area (TPSA) is 102 Å². The molecule has 6 nitrogen and oxygen atoms in total. The molecule has 0 saturated heterocycles. The SMILES string of the molecule is CC(C)C(O)Cc1ccc([N+](=O)[O-])c(N)n1. The number of rotatable bonds is 4. The summed E-state index contributed by atoms with van der Waals surface area (Å²) in [7, 11) is 0. The lowest BCUT2D eigenvalue weighted by Crippen LogP contribution is -2.18. The highest BCUT2D eigenvalue weighted by atomic mass is 16.6. The van der Waals surface area contributed by atoms with Crippen LogP contribution in [0.2, 0.25) is 0 Å². The Balaban J connectivity index is 2.85. The van der Waals surface area contributed by atoms with Gasteiger partial charge < -0.3 is 10.8 Å². The van der Waals surface area contributed by atoms with Gasteiger partial charge in [0.25, 0.3) is 0 Å². The number of anilines is 1. The van der Waals surface area contributed by atoms with Crippen molar-refractivity contribution in [3.8, 4) is 0 Å². The maximum Gasteiger partial charge on any atom is 0.311 e. The molecule has 16 heavy (non-hydrogen) atoms. The summed E-state index contributed by atoms with van der Waals surface area (Å²) in [6, 6.07) is 2.82. The molecular weight excluding hydrogens is 210 g/mol. The van der Waals surface area contributed by atoms with Gasteiger partial charge >= 0.3 is 5.69 Å². The van der Waals surface area contributed by atoms with E-state index in [9.17, 15) is 15.2 Å². The number of aromatic nitrogens is 1. The molecule has 0 spiro atoms. The van der Waals surface area contributed by atoms with E-state index in [-0.39, 0.29) is 17.4 Å². The molecule has 0 saturated carbocycles. The first kappa shape index (κ1) is 12.4. The third-order valence-corrected chi connectivity index (χ3v) is 2.34. The second-order valence-electron chi connectivity index (χ2n) is 3.98. The Bertz CT molecular complexity index is 393. The van der Waals surface area contributed by atoms with Crippen molar-refractivity contribution in [3.63, 3.8) is 0 Å². The predicted octanol–water partition coefficient (Wildman–Crippen LogP) is 1.13. The highest BCUT2D eigenvalue weighted by Crippen LogP contribution is 2.19. The average Bonchev–Trinajstić information content (AvgIpc) is 2.16. The van der Waals surface area contributed by atoms with E-state index in [4.69, 9.17) is 5.73 Å². The molecule has 0 aliphatic heterocycles. The highest BCUT2D eigenvalue weighted by Gasteiger charge is 2.15. The number of hydrogen-bond donors (Lipinski definition) is 2. The molecule has 1 unspecified atom stereocenters. The quantitative estimate of drug-likeness (QED) is 0.590. The van der Waals surface area contributed by atoms with Crippen molar-refractivity contribution in [2.45, 2.75) is 26.4 Å². The van der Waals surface area contributed by atoms with E-state index in [1.807, 2.05) is 13.8 Å². The summed E-state index contributed by atoms with van der Waals surface area (Å²) in [5.74, 6) is -0.00308. The van der Waals surface area contributed by atoms with Gasteiger partial charge in [0.15, 0.2) is 0 Å². The van der Waals surface area contributed by atoms with Crippen LogP contribution in [0.4, 0.5) is 11.5 Å². The Morgan fingerprint density at radius 3 is 2.62 bits per heavy atom. The Morgan fingerprint density at radius 2 is 2.19 bits per heavy atom. The van der Waals surface area contributed by atoms with Gasteiger partial charge in [-0.2, -0.15) is 0 Å². The number of nitrogen functional groups attached to an aromatic ring is 1. The van der Waals surface area contributed by atoms with Crippen molar-refractivity contribution < 1.29 is 10.0 Å². The van der Waals surface area contributed by atoms with Crippen molar-refractivity contribution in [3.05, 3.63) is 27.9 Å². The lowest BCUT2D eigenvalue weighted by atomic mass is 10.0. The normalized spacial score (nSPS) is 12.8. The van der Waals surface area contributed by atoms with Crippen LogP contribution in [0, 0.1) is 16.0 Å². The lowest BCUT2D eigenvalue weighted by Gasteiger charge is -2.13. The van der Waals surface area contributed by atoms with E-state index in [1.54, 1.807) is 0 Å². The Kier molecular flexibility index (Phi) is 3.78. The zero-order valence-corrected chi connectivity index (χ0v) is 9.25. The first-order valence-corrected chi connectivity index (χ1v) is 4.99. The van der Waals surface area contributed by atoms with Gasteiger partial charge in [0.2, 0.25) is 5.82 Å². The van der Waals surface area contributed by atoms with Crippen molar-refractivity contribution >= 4 is 11.5 Å². The molecule has 0 aromatic carbocycles. The molecule has 0 fully saturated rings. The van der Waals surface area contributed by atoms with Crippen LogP contribution in [0.25, 0.3) is 0 Å². The fourth-order valence-corrected chi connectivity index (χ4v) is 1.23. The maximum absolute atomic E-state index is 10.5. The van der Waals surface area contributed by atoms with Crippen molar-refractivity contribution in [2.24, 2.45) is 5.92 Å². The first-order chi connectivity index (χ1) is 7.41. The third-order valence-electron chi connectivity index (χ3n) is 2.34. The summed E-state index contributed by atoms with van der Waals surface area (Å²) < 4.78 is 0. The monoisotopic (exact) mass is 225 g/mol. The number of aliphatic hydroxyl groups excluding tert-OH is 1. The zero-order chi connectivity index (χ0) is 12.3. The summed E-state index contributed by atoms with van der Waals surface area (Å²) in [4.78, 5) is 13.8. The van der Waals surface area contributed by atoms with Crippen LogP contribution in [-0.4, -0.2) is 21.1 Å². The molecule has 3 N–H and O–H groups in total. The molecule has 0 radical (unpaired) electrons. The predicted molar refractivity (Wildman–Crippen MR) is 59.9 cm³/mol. The third kappa shape index (κ3) is 2.90. The standard InChI is InChI=1S/C10H15N3O3/c1-6(2)9(14)5-7-3-4-8(13(15)16)10(11)12-7/h3-4,6,9,14H,5H2,1-2H3,(H2,11,12). The maximum atomic E-state index is 10.5. The van der Waals surface area contributed by atoms with Crippen LogP contribution in [0.15, 0.2) is 12.1 Å². The summed E-state index contributed by atoms with van der Waals surface area (Å²) in [6.07, 6.45) is -0.173. The molecule has 1 aromatic heterocycles. The molecule has 88 valence electrons. The number of pyridine rings is 1. The first-order valence-electron chi connectivity index (χ1n) is 4.99. The molecule has 0 amide bonds. The zero-order valence-electron chi connectivity index (χ0n) is 9.25.